The van der Waals surface area contributed by atoms with Gasteiger partial charge in [-0.25, -0.2) is 0 Å². The van der Waals surface area contributed by atoms with E-state index in [1.807, 2.05) is 17.0 Å². The Hall–Kier alpha value is -0.900. The van der Waals surface area contributed by atoms with Crippen LogP contribution in [0.15, 0.2) is 22.8 Å². The number of amides is 1. The Kier molecular flexibility index (Phi) is 3.93. The van der Waals surface area contributed by atoms with Gasteiger partial charge in [-0.3, -0.25) is 4.79 Å². The summed E-state index contributed by atoms with van der Waals surface area (Å²) in [5.74, 6) is 2.52. The molecule has 0 saturated carbocycles. The van der Waals surface area contributed by atoms with Crippen molar-refractivity contribution < 1.29 is 9.21 Å². The van der Waals surface area contributed by atoms with Gasteiger partial charge in [0.2, 0.25) is 5.91 Å². The van der Waals surface area contributed by atoms with Gasteiger partial charge < -0.3 is 9.32 Å². The van der Waals surface area contributed by atoms with E-state index >= 15 is 0 Å². The van der Waals surface area contributed by atoms with E-state index in [0.717, 1.165) is 37.4 Å². The third-order valence-corrected chi connectivity index (χ3v) is 3.50. The van der Waals surface area contributed by atoms with Crippen molar-refractivity contribution in [3.8, 4) is 0 Å². The van der Waals surface area contributed by atoms with Crippen LogP contribution < -0.4 is 0 Å². The summed E-state index contributed by atoms with van der Waals surface area (Å²) in [7, 11) is 0. The van der Waals surface area contributed by atoms with E-state index in [1.54, 1.807) is 6.26 Å². The zero-order chi connectivity index (χ0) is 11.4. The number of furan rings is 1. The Labute approximate surface area is 101 Å². The fourth-order valence-corrected chi connectivity index (χ4v) is 2.34. The van der Waals surface area contributed by atoms with Gasteiger partial charge in [0.15, 0.2) is 0 Å². The van der Waals surface area contributed by atoms with Crippen molar-refractivity contribution in [1.29, 1.82) is 0 Å². The van der Waals surface area contributed by atoms with Crippen molar-refractivity contribution in [1.82, 2.24) is 4.90 Å². The molecule has 1 atom stereocenters. The molecule has 0 aliphatic carbocycles. The number of carbonyl (C=O) groups excluding carboxylic acids is 1. The van der Waals surface area contributed by atoms with Crippen molar-refractivity contribution in [3.63, 3.8) is 0 Å². The molecule has 2 rings (SSSR count). The largest absolute Gasteiger partial charge is 0.469 e. The zero-order valence-corrected chi connectivity index (χ0v) is 10.2. The van der Waals surface area contributed by atoms with Crippen LogP contribution in [0.4, 0.5) is 0 Å². The molecule has 1 aromatic rings. The van der Waals surface area contributed by atoms with Gasteiger partial charge >= 0.3 is 0 Å². The summed E-state index contributed by atoms with van der Waals surface area (Å²) < 4.78 is 5.25. The highest BCUT2D eigenvalue weighted by Gasteiger charge is 2.27. The lowest BCUT2D eigenvalue weighted by atomic mass is 10.1. The number of thiol groups is 1. The van der Waals surface area contributed by atoms with Gasteiger partial charge in [-0.05, 0) is 30.2 Å². The van der Waals surface area contributed by atoms with E-state index in [-0.39, 0.29) is 5.91 Å². The van der Waals surface area contributed by atoms with Crippen LogP contribution in [0.5, 0.6) is 0 Å². The second-order valence-corrected chi connectivity index (χ2v) is 4.64. The quantitative estimate of drug-likeness (QED) is 0.797. The first-order valence-corrected chi connectivity index (χ1v) is 6.34. The van der Waals surface area contributed by atoms with Crippen LogP contribution in [-0.4, -0.2) is 29.6 Å². The summed E-state index contributed by atoms with van der Waals surface area (Å²) in [5.41, 5.74) is 0. The molecule has 0 bridgehead atoms. The van der Waals surface area contributed by atoms with Crippen molar-refractivity contribution in [2.75, 3.05) is 18.8 Å². The SMILES string of the molecule is O=C1CC(CS)CN1CCCc1ccco1. The van der Waals surface area contributed by atoms with E-state index < -0.39 is 0 Å². The zero-order valence-electron chi connectivity index (χ0n) is 9.26. The molecule has 4 heteroatoms. The number of nitrogens with zero attached hydrogens (tertiary/aromatic N) is 1. The number of likely N-dealkylation sites (tertiary alicyclic amines) is 1. The lowest BCUT2D eigenvalue weighted by Crippen LogP contribution is -2.26. The Balaban J connectivity index is 1.72. The third-order valence-electron chi connectivity index (χ3n) is 2.98. The summed E-state index contributed by atoms with van der Waals surface area (Å²) in [6, 6.07) is 3.87. The highest BCUT2D eigenvalue weighted by molar-refractivity contribution is 7.80. The van der Waals surface area contributed by atoms with E-state index in [9.17, 15) is 4.79 Å². The number of carbonyl (C=O) groups is 1. The standard InChI is InChI=1S/C12H17NO2S/c14-12-7-10(9-16)8-13(12)5-1-3-11-4-2-6-15-11/h2,4,6,10,16H,1,3,5,7-9H2. The molecule has 16 heavy (non-hydrogen) atoms. The van der Waals surface area contributed by atoms with Crippen LogP contribution >= 0.6 is 12.6 Å². The van der Waals surface area contributed by atoms with Gasteiger partial charge in [-0.1, -0.05) is 0 Å². The van der Waals surface area contributed by atoms with Crippen LogP contribution in [0.1, 0.15) is 18.6 Å². The second-order valence-electron chi connectivity index (χ2n) is 4.28. The van der Waals surface area contributed by atoms with Gasteiger partial charge in [0.05, 0.1) is 6.26 Å². The molecule has 1 saturated heterocycles. The van der Waals surface area contributed by atoms with Crippen LogP contribution in [0.3, 0.4) is 0 Å². The molecular weight excluding hydrogens is 222 g/mol. The van der Waals surface area contributed by atoms with Crippen LogP contribution in [-0.2, 0) is 11.2 Å². The normalized spacial score (nSPS) is 20.7. The molecule has 1 aliphatic heterocycles. The highest BCUT2D eigenvalue weighted by Crippen LogP contribution is 2.19. The first-order chi connectivity index (χ1) is 7.79. The summed E-state index contributed by atoms with van der Waals surface area (Å²) in [4.78, 5) is 13.6. The maximum atomic E-state index is 11.6. The molecule has 1 amide bonds. The average molecular weight is 239 g/mol. The van der Waals surface area contributed by atoms with E-state index in [2.05, 4.69) is 12.6 Å². The molecule has 1 fully saturated rings. The molecule has 2 heterocycles. The van der Waals surface area contributed by atoms with E-state index in [4.69, 9.17) is 4.42 Å². The third kappa shape index (κ3) is 2.82. The molecule has 3 nitrogen and oxygen atoms in total. The fraction of sp³-hybridized carbons (Fsp3) is 0.583. The van der Waals surface area contributed by atoms with Gasteiger partial charge in [-0.15, -0.1) is 0 Å². The molecule has 0 spiro atoms. The predicted octanol–water partition coefficient (Wildman–Crippen LogP) is 1.99. The lowest BCUT2D eigenvalue weighted by Gasteiger charge is -2.15. The molecule has 0 N–H and O–H groups in total. The first kappa shape index (κ1) is 11.6. The van der Waals surface area contributed by atoms with Gasteiger partial charge in [0, 0.05) is 25.9 Å². The minimum absolute atomic E-state index is 0.276. The molecule has 1 unspecified atom stereocenters. The molecule has 88 valence electrons. The molecular formula is C12H17NO2S. The Morgan fingerprint density at radius 3 is 3.06 bits per heavy atom. The van der Waals surface area contributed by atoms with E-state index in [0.29, 0.717) is 12.3 Å². The Morgan fingerprint density at radius 2 is 2.44 bits per heavy atom. The molecule has 0 aromatic carbocycles. The fourth-order valence-electron chi connectivity index (χ4n) is 2.09. The minimum atomic E-state index is 0.276. The molecule has 1 aromatic heterocycles. The Bertz CT molecular complexity index is 337. The van der Waals surface area contributed by atoms with Crippen molar-refractivity contribution in [3.05, 3.63) is 24.2 Å². The Morgan fingerprint density at radius 1 is 1.56 bits per heavy atom. The van der Waals surface area contributed by atoms with Crippen molar-refractivity contribution in [2.45, 2.75) is 19.3 Å². The van der Waals surface area contributed by atoms with Gasteiger partial charge in [0.1, 0.15) is 5.76 Å². The maximum Gasteiger partial charge on any atom is 0.222 e. The van der Waals surface area contributed by atoms with Crippen LogP contribution in [0.2, 0.25) is 0 Å². The highest BCUT2D eigenvalue weighted by atomic mass is 32.1. The van der Waals surface area contributed by atoms with Gasteiger partial charge in [0.25, 0.3) is 0 Å². The number of aryl methyl sites for hydroxylation is 1. The predicted molar refractivity (Wildman–Crippen MR) is 65.6 cm³/mol. The van der Waals surface area contributed by atoms with Crippen LogP contribution in [0, 0.1) is 5.92 Å². The minimum Gasteiger partial charge on any atom is -0.469 e. The smallest absolute Gasteiger partial charge is 0.222 e. The molecule has 1 aliphatic rings. The lowest BCUT2D eigenvalue weighted by molar-refractivity contribution is -0.127. The first-order valence-electron chi connectivity index (χ1n) is 5.70. The average Bonchev–Trinajstić information content (AvgIpc) is 2.89. The van der Waals surface area contributed by atoms with E-state index in [1.165, 1.54) is 0 Å². The second kappa shape index (κ2) is 5.43. The molecule has 0 radical (unpaired) electrons. The summed E-state index contributed by atoms with van der Waals surface area (Å²) >= 11 is 4.24. The topological polar surface area (TPSA) is 33.5 Å². The van der Waals surface area contributed by atoms with Crippen molar-refractivity contribution >= 4 is 18.5 Å². The maximum absolute atomic E-state index is 11.6. The monoisotopic (exact) mass is 239 g/mol. The van der Waals surface area contributed by atoms with Gasteiger partial charge in [-0.2, -0.15) is 12.6 Å². The number of hydrogen-bond acceptors (Lipinski definition) is 3. The number of rotatable bonds is 5. The summed E-state index contributed by atoms with van der Waals surface area (Å²) in [5, 5.41) is 0. The number of hydrogen-bond donors (Lipinski definition) is 1. The summed E-state index contributed by atoms with van der Waals surface area (Å²) in [6.07, 6.45) is 4.23. The van der Waals surface area contributed by atoms with Crippen molar-refractivity contribution in [2.24, 2.45) is 5.92 Å². The summed E-state index contributed by atoms with van der Waals surface area (Å²) in [6.45, 7) is 1.71. The van der Waals surface area contributed by atoms with Crippen LogP contribution in [0.25, 0.3) is 0 Å².